The van der Waals surface area contributed by atoms with Gasteiger partial charge in [0.2, 0.25) is 0 Å². The van der Waals surface area contributed by atoms with Gasteiger partial charge in [-0.2, -0.15) is 0 Å². The number of esters is 2. The molecule has 15 heteroatoms. The van der Waals surface area contributed by atoms with Gasteiger partial charge in [0.05, 0.1) is 19.8 Å². The molecule has 0 aromatic heterocycles. The van der Waals surface area contributed by atoms with Crippen LogP contribution in [0.15, 0.2) is 48.6 Å². The Kier molecular flexibility index (Phi) is 31.2. The van der Waals surface area contributed by atoms with Crippen molar-refractivity contribution in [3.05, 3.63) is 48.6 Å². The summed E-state index contributed by atoms with van der Waals surface area (Å²) >= 11 is 0. The molecule has 0 radical (unpaired) electrons. The van der Waals surface area contributed by atoms with Gasteiger partial charge < -0.3 is 64.2 Å². The van der Waals surface area contributed by atoms with Gasteiger partial charge in [0.1, 0.15) is 55.4 Å². The van der Waals surface area contributed by atoms with Gasteiger partial charge in [-0.1, -0.05) is 127 Å². The first-order valence-corrected chi connectivity index (χ1v) is 23.2. The van der Waals surface area contributed by atoms with E-state index in [-0.39, 0.29) is 26.1 Å². The molecule has 2 heterocycles. The molecule has 0 spiro atoms. The number of ether oxygens (including phenoxy) is 6. The molecule has 0 saturated carbocycles. The molecule has 2 fully saturated rings. The Bertz CT molecular complexity index is 1270. The number of allylic oxidation sites excluding steroid dienone is 8. The SMILES string of the molecule is CC/C=C\C/C=C\C/C=C\C/C=C\CCCCCCCCCCCCC(=O)OC(COC(=O)CCCCC)COC1OC(COC2OC(CO)C(O)C(O)C2O)C(O)C(O)C1O. The van der Waals surface area contributed by atoms with Crippen LogP contribution < -0.4 is 0 Å². The molecule has 0 amide bonds. The van der Waals surface area contributed by atoms with Crippen LogP contribution in [0.25, 0.3) is 0 Å². The van der Waals surface area contributed by atoms with E-state index in [9.17, 15) is 45.3 Å². The summed E-state index contributed by atoms with van der Waals surface area (Å²) < 4.78 is 33.2. The van der Waals surface area contributed by atoms with Crippen LogP contribution in [-0.2, 0) is 38.0 Å². The fourth-order valence-corrected chi connectivity index (χ4v) is 6.97. The third-order valence-corrected chi connectivity index (χ3v) is 10.8. The third-order valence-electron chi connectivity index (χ3n) is 10.8. The maximum atomic E-state index is 12.9. The van der Waals surface area contributed by atoms with Crippen LogP contribution in [-0.4, -0.2) is 142 Å². The van der Waals surface area contributed by atoms with Crippen molar-refractivity contribution in [2.45, 2.75) is 210 Å². The first-order chi connectivity index (χ1) is 30.0. The van der Waals surface area contributed by atoms with Gasteiger partial charge in [0.25, 0.3) is 0 Å². The van der Waals surface area contributed by atoms with Crippen LogP contribution in [0.1, 0.15) is 142 Å². The summed E-state index contributed by atoms with van der Waals surface area (Å²) in [6.07, 6.45) is 19.8. The largest absolute Gasteiger partial charge is 0.462 e. The average Bonchev–Trinajstić information content (AvgIpc) is 3.26. The molecule has 11 atom stereocenters. The van der Waals surface area contributed by atoms with E-state index < -0.39 is 92.7 Å². The Labute approximate surface area is 369 Å². The Balaban J connectivity index is 1.69. The topological polar surface area (TPSA) is 231 Å². The highest BCUT2D eigenvalue weighted by Crippen LogP contribution is 2.26. The molecular formula is C47H80O15. The fraction of sp³-hybridized carbons (Fsp3) is 0.787. The zero-order chi connectivity index (χ0) is 45.4. The van der Waals surface area contributed by atoms with E-state index in [4.69, 9.17) is 28.4 Å². The van der Waals surface area contributed by atoms with Crippen LogP contribution in [0.2, 0.25) is 0 Å². The van der Waals surface area contributed by atoms with Crippen molar-refractivity contribution in [1.82, 2.24) is 0 Å². The maximum absolute atomic E-state index is 12.9. The van der Waals surface area contributed by atoms with Crippen molar-refractivity contribution >= 4 is 11.9 Å². The minimum atomic E-state index is -1.76. The average molecular weight is 885 g/mol. The molecule has 2 saturated heterocycles. The van der Waals surface area contributed by atoms with Crippen molar-refractivity contribution in [2.24, 2.45) is 0 Å². The molecular weight excluding hydrogens is 805 g/mol. The summed E-state index contributed by atoms with van der Waals surface area (Å²) in [5.41, 5.74) is 0. The van der Waals surface area contributed by atoms with Gasteiger partial charge in [0, 0.05) is 12.8 Å². The second-order valence-corrected chi connectivity index (χ2v) is 16.2. The van der Waals surface area contributed by atoms with E-state index >= 15 is 0 Å². The molecule has 0 bridgehead atoms. The number of aliphatic hydroxyl groups is 7. The first-order valence-electron chi connectivity index (χ1n) is 23.2. The highest BCUT2D eigenvalue weighted by Gasteiger charge is 2.47. The molecule has 0 aromatic rings. The van der Waals surface area contributed by atoms with Crippen molar-refractivity contribution in [2.75, 3.05) is 26.4 Å². The number of carbonyl (C=O) groups is 2. The lowest BCUT2D eigenvalue weighted by Crippen LogP contribution is -2.61. The van der Waals surface area contributed by atoms with Crippen LogP contribution in [0, 0.1) is 0 Å². The fourth-order valence-electron chi connectivity index (χ4n) is 6.97. The predicted octanol–water partition coefficient (Wildman–Crippen LogP) is 5.15. The second-order valence-electron chi connectivity index (χ2n) is 16.2. The van der Waals surface area contributed by atoms with Crippen molar-refractivity contribution in [3.8, 4) is 0 Å². The summed E-state index contributed by atoms with van der Waals surface area (Å²) in [5, 5.41) is 71.6. The van der Waals surface area contributed by atoms with Gasteiger partial charge in [-0.25, -0.2) is 0 Å². The predicted molar refractivity (Wildman–Crippen MR) is 233 cm³/mol. The zero-order valence-electron chi connectivity index (χ0n) is 37.3. The number of carbonyl (C=O) groups excluding carboxylic acids is 2. The summed E-state index contributed by atoms with van der Waals surface area (Å²) in [5.74, 6) is -0.962. The van der Waals surface area contributed by atoms with Crippen LogP contribution in [0.5, 0.6) is 0 Å². The highest BCUT2D eigenvalue weighted by atomic mass is 16.7. The van der Waals surface area contributed by atoms with Gasteiger partial charge in [-0.15, -0.1) is 0 Å². The summed E-state index contributed by atoms with van der Waals surface area (Å²) in [4.78, 5) is 25.2. The van der Waals surface area contributed by atoms with Gasteiger partial charge in [-0.3, -0.25) is 9.59 Å². The Morgan fingerprint density at radius 1 is 0.532 bits per heavy atom. The summed E-state index contributed by atoms with van der Waals surface area (Å²) in [7, 11) is 0. The van der Waals surface area contributed by atoms with E-state index in [2.05, 4.69) is 55.5 Å². The molecule has 7 N–H and O–H groups in total. The number of rotatable bonds is 34. The minimum absolute atomic E-state index is 0.158. The number of unbranched alkanes of at least 4 members (excludes halogenated alkanes) is 12. The number of hydrogen-bond donors (Lipinski definition) is 7. The monoisotopic (exact) mass is 885 g/mol. The normalized spacial score (nSPS) is 27.5. The molecule has 2 aliphatic rings. The van der Waals surface area contributed by atoms with Crippen molar-refractivity contribution < 1.29 is 73.8 Å². The van der Waals surface area contributed by atoms with Crippen molar-refractivity contribution in [1.29, 1.82) is 0 Å². The van der Waals surface area contributed by atoms with E-state index in [1.165, 1.54) is 32.1 Å². The van der Waals surface area contributed by atoms with E-state index in [1.54, 1.807) is 0 Å². The summed E-state index contributed by atoms with van der Waals surface area (Å²) in [6.45, 7) is 2.26. The van der Waals surface area contributed by atoms with Crippen LogP contribution in [0.3, 0.4) is 0 Å². The van der Waals surface area contributed by atoms with Gasteiger partial charge in [0.15, 0.2) is 18.7 Å². The molecule has 11 unspecified atom stereocenters. The minimum Gasteiger partial charge on any atom is -0.462 e. The quantitative estimate of drug-likeness (QED) is 0.0252. The molecule has 0 aliphatic carbocycles. The van der Waals surface area contributed by atoms with E-state index in [1.807, 2.05) is 6.92 Å². The number of hydrogen-bond acceptors (Lipinski definition) is 15. The Morgan fingerprint density at radius 2 is 1.02 bits per heavy atom. The molecule has 15 nitrogen and oxygen atoms in total. The Morgan fingerprint density at radius 3 is 1.60 bits per heavy atom. The smallest absolute Gasteiger partial charge is 0.306 e. The third kappa shape index (κ3) is 23.4. The molecule has 0 aromatic carbocycles. The maximum Gasteiger partial charge on any atom is 0.306 e. The standard InChI is InChI=1S/C47H80O15/c1-3-5-7-8-9-10-11-12-13-14-15-16-17-18-19-20-21-22-23-24-25-26-28-30-39(50)60-35(32-57-38(49)29-27-6-4-2)33-58-46-45(56)43(54)41(52)37(62-46)34-59-47-44(55)42(53)40(51)36(31-48)61-47/h5,7,9-10,12-13,15-16,35-37,40-48,51-56H,3-4,6,8,11,14,17-34H2,1-2H3/b7-5-,10-9-,13-12-,16-15-. The second kappa shape index (κ2) is 34.8. The highest BCUT2D eigenvalue weighted by molar-refractivity contribution is 5.70. The molecule has 2 aliphatic heterocycles. The molecule has 358 valence electrons. The van der Waals surface area contributed by atoms with Crippen molar-refractivity contribution in [3.63, 3.8) is 0 Å². The molecule has 2 rings (SSSR count). The summed E-state index contributed by atoms with van der Waals surface area (Å²) in [6, 6.07) is 0. The zero-order valence-corrected chi connectivity index (χ0v) is 37.3. The lowest BCUT2D eigenvalue weighted by Gasteiger charge is -2.42. The number of aliphatic hydroxyl groups excluding tert-OH is 7. The van der Waals surface area contributed by atoms with E-state index in [0.29, 0.717) is 12.8 Å². The van der Waals surface area contributed by atoms with E-state index in [0.717, 1.165) is 70.6 Å². The van der Waals surface area contributed by atoms with Gasteiger partial charge in [-0.05, 0) is 51.4 Å². The first kappa shape index (κ1) is 55.6. The van der Waals surface area contributed by atoms with Crippen LogP contribution >= 0.6 is 0 Å². The Hall–Kier alpha value is -2.54. The lowest BCUT2D eigenvalue weighted by atomic mass is 9.98. The van der Waals surface area contributed by atoms with Crippen LogP contribution in [0.4, 0.5) is 0 Å². The molecule has 62 heavy (non-hydrogen) atoms. The van der Waals surface area contributed by atoms with Gasteiger partial charge >= 0.3 is 11.9 Å². The lowest BCUT2D eigenvalue weighted by molar-refractivity contribution is -0.332.